The van der Waals surface area contributed by atoms with Crippen LogP contribution in [0.4, 0.5) is 0 Å². The second kappa shape index (κ2) is 6.82. The molecule has 0 saturated carbocycles. The standard InChI is InChI=1S/C19H22N2O2/c1-14(16-5-4-6-17(22)13-16)19(23)21-11-8-15(9-12-21)18-7-2-3-10-20-18/h2-7,10,13-15,22H,8-9,11-12H2,1H3. The van der Waals surface area contributed by atoms with Crippen LogP contribution in [0.2, 0.25) is 0 Å². The largest absolute Gasteiger partial charge is 0.508 e. The van der Waals surface area contributed by atoms with Crippen molar-refractivity contribution in [2.24, 2.45) is 0 Å². The third-order valence-corrected chi connectivity index (χ3v) is 4.65. The summed E-state index contributed by atoms with van der Waals surface area (Å²) in [6.45, 7) is 3.44. The summed E-state index contributed by atoms with van der Waals surface area (Å²) in [6.07, 6.45) is 3.74. The fraction of sp³-hybridized carbons (Fsp3) is 0.368. The normalized spacial score (nSPS) is 17.0. The Morgan fingerprint density at radius 1 is 1.22 bits per heavy atom. The van der Waals surface area contributed by atoms with Crippen LogP contribution in [0.1, 0.15) is 42.9 Å². The SMILES string of the molecule is CC(C(=O)N1CCC(c2ccccn2)CC1)c1cccc(O)c1. The van der Waals surface area contributed by atoms with Crippen molar-refractivity contribution in [3.8, 4) is 5.75 Å². The molecule has 3 rings (SSSR count). The number of rotatable bonds is 3. The van der Waals surface area contributed by atoms with Gasteiger partial charge in [-0.1, -0.05) is 18.2 Å². The number of phenols is 1. The van der Waals surface area contributed by atoms with E-state index in [4.69, 9.17) is 0 Å². The number of phenolic OH excluding ortho intramolecular Hbond substituents is 1. The molecule has 1 aliphatic heterocycles. The van der Waals surface area contributed by atoms with Crippen LogP contribution in [0.3, 0.4) is 0 Å². The predicted molar refractivity (Wildman–Crippen MR) is 89.3 cm³/mol. The number of hydrogen-bond acceptors (Lipinski definition) is 3. The molecule has 1 amide bonds. The molecule has 1 fully saturated rings. The molecule has 1 N–H and O–H groups in total. The highest BCUT2D eigenvalue weighted by Crippen LogP contribution is 2.29. The summed E-state index contributed by atoms with van der Waals surface area (Å²) in [7, 11) is 0. The fourth-order valence-electron chi connectivity index (χ4n) is 3.22. The highest BCUT2D eigenvalue weighted by molar-refractivity contribution is 5.83. The van der Waals surface area contributed by atoms with Crippen molar-refractivity contribution in [1.29, 1.82) is 0 Å². The minimum atomic E-state index is -0.228. The zero-order chi connectivity index (χ0) is 16.2. The lowest BCUT2D eigenvalue weighted by Gasteiger charge is -2.33. The Morgan fingerprint density at radius 3 is 2.65 bits per heavy atom. The number of aromatic nitrogens is 1. The predicted octanol–water partition coefficient (Wildman–Crippen LogP) is 3.30. The molecule has 2 heterocycles. The summed E-state index contributed by atoms with van der Waals surface area (Å²) in [6, 6.07) is 13.0. The van der Waals surface area contributed by atoms with Gasteiger partial charge >= 0.3 is 0 Å². The van der Waals surface area contributed by atoms with Crippen LogP contribution >= 0.6 is 0 Å². The maximum absolute atomic E-state index is 12.7. The maximum atomic E-state index is 12.7. The molecule has 4 nitrogen and oxygen atoms in total. The lowest BCUT2D eigenvalue weighted by molar-refractivity contribution is -0.133. The zero-order valence-corrected chi connectivity index (χ0v) is 13.4. The van der Waals surface area contributed by atoms with Gasteiger partial charge in [-0.05, 0) is 49.6 Å². The quantitative estimate of drug-likeness (QED) is 0.946. The number of nitrogens with zero attached hydrogens (tertiary/aromatic N) is 2. The summed E-state index contributed by atoms with van der Waals surface area (Å²) in [5.41, 5.74) is 1.99. The Balaban J connectivity index is 1.62. The maximum Gasteiger partial charge on any atom is 0.229 e. The van der Waals surface area contributed by atoms with Gasteiger partial charge in [0.2, 0.25) is 5.91 Å². The van der Waals surface area contributed by atoms with Crippen molar-refractivity contribution in [2.75, 3.05) is 13.1 Å². The van der Waals surface area contributed by atoms with E-state index in [-0.39, 0.29) is 17.6 Å². The van der Waals surface area contributed by atoms with E-state index >= 15 is 0 Å². The van der Waals surface area contributed by atoms with E-state index in [1.54, 1.807) is 18.2 Å². The first kappa shape index (κ1) is 15.5. The van der Waals surface area contributed by atoms with Gasteiger partial charge in [0.25, 0.3) is 0 Å². The molecular formula is C19H22N2O2. The van der Waals surface area contributed by atoms with Gasteiger partial charge < -0.3 is 10.0 Å². The number of amides is 1. The number of piperidine rings is 1. The number of hydrogen-bond donors (Lipinski definition) is 1. The first-order valence-corrected chi connectivity index (χ1v) is 8.14. The highest BCUT2D eigenvalue weighted by atomic mass is 16.3. The van der Waals surface area contributed by atoms with Crippen LogP contribution in [0, 0.1) is 0 Å². The van der Waals surface area contributed by atoms with E-state index in [1.165, 1.54) is 0 Å². The fourth-order valence-corrected chi connectivity index (χ4v) is 3.22. The summed E-state index contributed by atoms with van der Waals surface area (Å²) in [5, 5.41) is 9.58. The number of benzene rings is 1. The molecule has 1 aliphatic rings. The Kier molecular flexibility index (Phi) is 4.60. The van der Waals surface area contributed by atoms with Crippen molar-refractivity contribution in [3.63, 3.8) is 0 Å². The zero-order valence-electron chi connectivity index (χ0n) is 13.4. The molecule has 1 saturated heterocycles. The van der Waals surface area contributed by atoms with Gasteiger partial charge in [0.15, 0.2) is 0 Å². The Morgan fingerprint density at radius 2 is 2.00 bits per heavy atom. The monoisotopic (exact) mass is 310 g/mol. The minimum Gasteiger partial charge on any atom is -0.508 e. The van der Waals surface area contributed by atoms with Crippen molar-refractivity contribution < 1.29 is 9.90 Å². The van der Waals surface area contributed by atoms with Gasteiger partial charge in [0.1, 0.15) is 5.75 Å². The molecule has 2 aromatic rings. The molecule has 1 atom stereocenters. The molecule has 1 unspecified atom stereocenters. The van der Waals surface area contributed by atoms with E-state index in [9.17, 15) is 9.90 Å². The second-order valence-electron chi connectivity index (χ2n) is 6.17. The number of likely N-dealkylation sites (tertiary alicyclic amines) is 1. The van der Waals surface area contributed by atoms with Crippen LogP contribution in [0.5, 0.6) is 5.75 Å². The smallest absolute Gasteiger partial charge is 0.229 e. The van der Waals surface area contributed by atoms with Crippen LogP contribution < -0.4 is 0 Å². The van der Waals surface area contributed by atoms with Gasteiger partial charge in [-0.2, -0.15) is 0 Å². The van der Waals surface area contributed by atoms with E-state index in [2.05, 4.69) is 11.1 Å². The van der Waals surface area contributed by atoms with Crippen molar-refractivity contribution in [1.82, 2.24) is 9.88 Å². The molecule has 4 heteroatoms. The molecule has 0 spiro atoms. The molecule has 0 bridgehead atoms. The van der Waals surface area contributed by atoms with E-state index < -0.39 is 0 Å². The highest BCUT2D eigenvalue weighted by Gasteiger charge is 2.27. The average molecular weight is 310 g/mol. The average Bonchev–Trinajstić information content (AvgIpc) is 2.61. The Hall–Kier alpha value is -2.36. The van der Waals surface area contributed by atoms with Gasteiger partial charge in [-0.25, -0.2) is 0 Å². The van der Waals surface area contributed by atoms with Crippen LogP contribution in [-0.2, 0) is 4.79 Å². The van der Waals surface area contributed by atoms with E-state index in [0.717, 1.165) is 37.2 Å². The summed E-state index contributed by atoms with van der Waals surface area (Å²) < 4.78 is 0. The van der Waals surface area contributed by atoms with Crippen LogP contribution in [0.15, 0.2) is 48.7 Å². The van der Waals surface area contributed by atoms with Crippen LogP contribution in [-0.4, -0.2) is 34.0 Å². The molecule has 1 aromatic heterocycles. The van der Waals surface area contributed by atoms with Crippen molar-refractivity contribution >= 4 is 5.91 Å². The summed E-state index contributed by atoms with van der Waals surface area (Å²) in [5.74, 6) is 0.552. The van der Waals surface area contributed by atoms with Gasteiger partial charge in [-0.15, -0.1) is 0 Å². The second-order valence-corrected chi connectivity index (χ2v) is 6.17. The van der Waals surface area contributed by atoms with Crippen molar-refractivity contribution in [2.45, 2.75) is 31.6 Å². The minimum absolute atomic E-state index is 0.134. The van der Waals surface area contributed by atoms with E-state index in [0.29, 0.717) is 5.92 Å². The summed E-state index contributed by atoms with van der Waals surface area (Å²) >= 11 is 0. The summed E-state index contributed by atoms with van der Waals surface area (Å²) in [4.78, 5) is 19.1. The number of carbonyl (C=O) groups excluding carboxylic acids is 1. The van der Waals surface area contributed by atoms with E-state index in [1.807, 2.05) is 36.2 Å². The lowest BCUT2D eigenvalue weighted by atomic mass is 9.91. The molecule has 1 aromatic carbocycles. The molecule has 0 aliphatic carbocycles. The van der Waals surface area contributed by atoms with Crippen molar-refractivity contribution in [3.05, 3.63) is 59.9 Å². The molecule has 0 radical (unpaired) electrons. The van der Waals surface area contributed by atoms with Gasteiger partial charge in [0, 0.05) is 30.9 Å². The molecule has 120 valence electrons. The Bertz CT molecular complexity index is 664. The Labute approximate surface area is 136 Å². The lowest BCUT2D eigenvalue weighted by Crippen LogP contribution is -2.40. The number of carbonyl (C=O) groups is 1. The first-order valence-electron chi connectivity index (χ1n) is 8.14. The third kappa shape index (κ3) is 3.52. The third-order valence-electron chi connectivity index (χ3n) is 4.65. The van der Waals surface area contributed by atoms with Gasteiger partial charge in [0.05, 0.1) is 5.92 Å². The topological polar surface area (TPSA) is 53.4 Å². The molecular weight excluding hydrogens is 288 g/mol. The molecule has 23 heavy (non-hydrogen) atoms. The first-order chi connectivity index (χ1) is 11.1. The van der Waals surface area contributed by atoms with Crippen LogP contribution in [0.25, 0.3) is 0 Å². The number of pyridine rings is 1. The number of aromatic hydroxyl groups is 1. The van der Waals surface area contributed by atoms with Gasteiger partial charge in [-0.3, -0.25) is 9.78 Å².